The Morgan fingerprint density at radius 3 is 2.70 bits per heavy atom. The second-order valence-electron chi connectivity index (χ2n) is 4.62. The van der Waals surface area contributed by atoms with Crippen LogP contribution in [0.5, 0.6) is 11.5 Å². The van der Waals surface area contributed by atoms with Crippen molar-refractivity contribution < 1.29 is 19.1 Å². The largest absolute Gasteiger partial charge is 0.508 e. The van der Waals surface area contributed by atoms with Crippen molar-refractivity contribution in [1.82, 2.24) is 5.06 Å². The number of halogens is 1. The smallest absolute Gasteiger partial charge is 0.260 e. The van der Waals surface area contributed by atoms with E-state index in [2.05, 4.69) is 0 Å². The summed E-state index contributed by atoms with van der Waals surface area (Å²) >= 11 is 0. The number of rotatable bonds is 2. The first-order valence-electron chi connectivity index (χ1n) is 6.16. The Morgan fingerprint density at radius 1 is 1.20 bits per heavy atom. The van der Waals surface area contributed by atoms with Crippen LogP contribution in [-0.2, 0) is 17.8 Å². The minimum Gasteiger partial charge on any atom is -0.508 e. The number of carbonyl (C=O) groups is 1. The van der Waals surface area contributed by atoms with E-state index in [0.29, 0.717) is 11.3 Å². The third kappa shape index (κ3) is 2.42. The van der Waals surface area contributed by atoms with E-state index < -0.39 is 0 Å². The van der Waals surface area contributed by atoms with E-state index in [0.717, 1.165) is 5.56 Å². The van der Waals surface area contributed by atoms with Gasteiger partial charge < -0.3 is 9.94 Å². The lowest BCUT2D eigenvalue weighted by Gasteiger charge is -2.28. The van der Waals surface area contributed by atoms with E-state index >= 15 is 0 Å². The lowest BCUT2D eigenvalue weighted by Crippen LogP contribution is -2.38. The highest BCUT2D eigenvalue weighted by Gasteiger charge is 2.25. The SMILES string of the molecule is O=C1Cc2cc(O)ccc2ON1Cc1ccc(F)cc1. The summed E-state index contributed by atoms with van der Waals surface area (Å²) in [5, 5.41) is 10.6. The summed E-state index contributed by atoms with van der Waals surface area (Å²) in [6.45, 7) is 0.249. The molecule has 0 unspecified atom stereocenters. The van der Waals surface area contributed by atoms with Gasteiger partial charge in [0, 0.05) is 5.56 Å². The standard InChI is InChI=1S/C15H12FNO3/c16-12-3-1-10(2-4-12)9-17-15(19)8-11-7-13(18)5-6-14(11)20-17/h1-7,18H,8-9H2. The quantitative estimate of drug-likeness (QED) is 0.914. The molecular weight excluding hydrogens is 261 g/mol. The van der Waals surface area contributed by atoms with Crippen LogP contribution >= 0.6 is 0 Å². The molecule has 0 fully saturated rings. The summed E-state index contributed by atoms with van der Waals surface area (Å²) in [6.07, 6.45) is 0.172. The Hall–Kier alpha value is -2.56. The van der Waals surface area contributed by atoms with E-state index in [1.165, 1.54) is 29.3 Å². The van der Waals surface area contributed by atoms with Crippen molar-refractivity contribution >= 4 is 5.91 Å². The first-order chi connectivity index (χ1) is 9.61. The Balaban J connectivity index is 1.80. The fourth-order valence-electron chi connectivity index (χ4n) is 2.09. The van der Waals surface area contributed by atoms with Gasteiger partial charge in [0.25, 0.3) is 5.91 Å². The molecule has 20 heavy (non-hydrogen) atoms. The van der Waals surface area contributed by atoms with Crippen molar-refractivity contribution in [2.75, 3.05) is 0 Å². The summed E-state index contributed by atoms with van der Waals surface area (Å²) in [5.74, 6) is 0.129. The highest BCUT2D eigenvalue weighted by molar-refractivity contribution is 5.80. The van der Waals surface area contributed by atoms with Gasteiger partial charge in [-0.15, -0.1) is 0 Å². The van der Waals surface area contributed by atoms with Crippen molar-refractivity contribution in [1.29, 1.82) is 0 Å². The maximum absolute atomic E-state index is 12.8. The van der Waals surface area contributed by atoms with Gasteiger partial charge in [0.05, 0.1) is 13.0 Å². The second-order valence-corrected chi connectivity index (χ2v) is 4.62. The average Bonchev–Trinajstić information content (AvgIpc) is 2.42. The van der Waals surface area contributed by atoms with Crippen molar-refractivity contribution in [2.45, 2.75) is 13.0 Å². The van der Waals surface area contributed by atoms with E-state index in [9.17, 15) is 14.3 Å². The molecule has 1 aliphatic rings. The molecule has 1 aliphatic heterocycles. The van der Waals surface area contributed by atoms with Gasteiger partial charge in [-0.1, -0.05) is 12.1 Å². The van der Waals surface area contributed by atoms with E-state index in [4.69, 9.17) is 4.84 Å². The average molecular weight is 273 g/mol. The van der Waals surface area contributed by atoms with Crippen molar-refractivity contribution in [3.05, 3.63) is 59.4 Å². The van der Waals surface area contributed by atoms with Crippen LogP contribution in [0, 0.1) is 5.82 Å². The van der Waals surface area contributed by atoms with Gasteiger partial charge in [-0.05, 0) is 35.9 Å². The number of amides is 1. The van der Waals surface area contributed by atoms with Crippen molar-refractivity contribution in [2.24, 2.45) is 0 Å². The zero-order valence-corrected chi connectivity index (χ0v) is 10.5. The van der Waals surface area contributed by atoms with Gasteiger partial charge in [0.1, 0.15) is 11.6 Å². The summed E-state index contributed by atoms with van der Waals surface area (Å²) in [5.41, 5.74) is 1.44. The number of carbonyl (C=O) groups excluding carboxylic acids is 1. The zero-order valence-electron chi connectivity index (χ0n) is 10.5. The molecule has 0 radical (unpaired) electrons. The molecule has 0 saturated heterocycles. The van der Waals surface area contributed by atoms with Crippen molar-refractivity contribution in [3.8, 4) is 11.5 Å². The summed E-state index contributed by atoms with van der Waals surface area (Å²) in [4.78, 5) is 17.5. The molecule has 3 rings (SSSR count). The third-order valence-corrected chi connectivity index (χ3v) is 3.11. The molecule has 0 bridgehead atoms. The monoisotopic (exact) mass is 273 g/mol. The zero-order chi connectivity index (χ0) is 14.1. The summed E-state index contributed by atoms with van der Waals surface area (Å²) in [7, 11) is 0. The Morgan fingerprint density at radius 2 is 1.95 bits per heavy atom. The summed E-state index contributed by atoms with van der Waals surface area (Å²) < 4.78 is 12.8. The molecule has 1 N–H and O–H groups in total. The van der Waals surface area contributed by atoms with Crippen LogP contribution in [0.3, 0.4) is 0 Å². The van der Waals surface area contributed by atoms with Gasteiger partial charge in [0.2, 0.25) is 0 Å². The molecular formula is C15H12FNO3. The molecule has 0 aliphatic carbocycles. The maximum atomic E-state index is 12.8. The number of hydroxylamine groups is 2. The summed E-state index contributed by atoms with van der Waals surface area (Å²) in [6, 6.07) is 10.5. The van der Waals surface area contributed by atoms with Crippen molar-refractivity contribution in [3.63, 3.8) is 0 Å². The maximum Gasteiger partial charge on any atom is 0.260 e. The van der Waals surface area contributed by atoms with Gasteiger partial charge in [-0.3, -0.25) is 4.79 Å². The number of phenols is 1. The lowest BCUT2D eigenvalue weighted by atomic mass is 10.1. The van der Waals surface area contributed by atoms with Crippen LogP contribution in [0.4, 0.5) is 4.39 Å². The highest BCUT2D eigenvalue weighted by atomic mass is 19.1. The Kier molecular flexibility index (Phi) is 3.02. The fourth-order valence-corrected chi connectivity index (χ4v) is 2.09. The number of phenolic OH excluding ortho intramolecular Hbond substituents is 1. The first kappa shape index (κ1) is 12.5. The predicted molar refractivity (Wildman–Crippen MR) is 69.4 cm³/mol. The molecule has 4 nitrogen and oxygen atoms in total. The normalized spacial score (nSPS) is 13.8. The van der Waals surface area contributed by atoms with E-state index in [1.807, 2.05) is 0 Å². The second kappa shape index (κ2) is 4.85. The molecule has 0 atom stereocenters. The number of hydrogen-bond acceptors (Lipinski definition) is 3. The predicted octanol–water partition coefficient (Wildman–Crippen LogP) is 2.41. The highest BCUT2D eigenvalue weighted by Crippen LogP contribution is 2.29. The fraction of sp³-hybridized carbons (Fsp3) is 0.133. The van der Waals surface area contributed by atoms with E-state index in [-0.39, 0.29) is 30.4 Å². The van der Waals surface area contributed by atoms with Gasteiger partial charge in [-0.25, -0.2) is 4.39 Å². The molecule has 0 saturated carbocycles. The molecule has 2 aromatic carbocycles. The topological polar surface area (TPSA) is 49.8 Å². The van der Waals surface area contributed by atoms with Crippen LogP contribution in [0.15, 0.2) is 42.5 Å². The molecule has 1 amide bonds. The van der Waals surface area contributed by atoms with Crippen LogP contribution in [-0.4, -0.2) is 16.1 Å². The molecule has 0 aromatic heterocycles. The van der Waals surface area contributed by atoms with E-state index in [1.54, 1.807) is 18.2 Å². The number of fused-ring (bicyclic) bond motifs is 1. The van der Waals surface area contributed by atoms with Crippen LogP contribution in [0.1, 0.15) is 11.1 Å². The third-order valence-electron chi connectivity index (χ3n) is 3.11. The van der Waals surface area contributed by atoms with Gasteiger partial charge >= 0.3 is 0 Å². The van der Waals surface area contributed by atoms with Gasteiger partial charge in [-0.2, -0.15) is 5.06 Å². The molecule has 102 valence electrons. The number of hydrogen-bond donors (Lipinski definition) is 1. The molecule has 0 spiro atoms. The first-order valence-corrected chi connectivity index (χ1v) is 6.16. The molecule has 5 heteroatoms. The minimum absolute atomic E-state index is 0.104. The van der Waals surface area contributed by atoms with Crippen LogP contribution in [0.25, 0.3) is 0 Å². The Bertz CT molecular complexity index is 655. The lowest BCUT2D eigenvalue weighted by molar-refractivity contribution is -0.162. The number of aromatic hydroxyl groups is 1. The van der Waals surface area contributed by atoms with Gasteiger partial charge in [0.15, 0.2) is 5.75 Å². The molecule has 2 aromatic rings. The Labute approximate surface area is 115 Å². The number of benzene rings is 2. The van der Waals surface area contributed by atoms with Crippen LogP contribution in [0.2, 0.25) is 0 Å². The molecule has 1 heterocycles. The minimum atomic E-state index is -0.319. The number of nitrogens with zero attached hydrogens (tertiary/aromatic N) is 1. The van der Waals surface area contributed by atoms with Crippen LogP contribution < -0.4 is 4.84 Å².